The Morgan fingerprint density at radius 3 is 1.86 bits per heavy atom. The van der Waals surface area contributed by atoms with Crippen LogP contribution in [0.3, 0.4) is 0 Å². The number of rotatable bonds is 2. The predicted molar refractivity (Wildman–Crippen MR) is 94.8 cm³/mol. The van der Waals surface area contributed by atoms with Gasteiger partial charge in [0.05, 0.1) is 0 Å². The van der Waals surface area contributed by atoms with Crippen LogP contribution in [0.2, 0.25) is 0 Å². The number of hydrogen-bond donors (Lipinski definition) is 0. The monoisotopic (exact) mass is 296 g/mol. The van der Waals surface area contributed by atoms with Crippen molar-refractivity contribution in [2.45, 2.75) is 85.2 Å². The second-order valence-corrected chi connectivity index (χ2v) is 8.42. The van der Waals surface area contributed by atoms with Crippen LogP contribution in [-0.2, 0) is 0 Å². The molecule has 2 aliphatic heterocycles. The molecular formula is C19H40N2. The fourth-order valence-corrected chi connectivity index (χ4v) is 3.57. The summed E-state index contributed by atoms with van der Waals surface area (Å²) < 4.78 is 0. The van der Waals surface area contributed by atoms with E-state index in [1.165, 1.54) is 51.7 Å². The molecule has 0 amide bonds. The van der Waals surface area contributed by atoms with E-state index < -0.39 is 0 Å². The van der Waals surface area contributed by atoms with Crippen molar-refractivity contribution in [3.05, 3.63) is 0 Å². The summed E-state index contributed by atoms with van der Waals surface area (Å²) >= 11 is 0. The van der Waals surface area contributed by atoms with Crippen molar-refractivity contribution in [2.24, 2.45) is 11.8 Å². The van der Waals surface area contributed by atoms with Crippen molar-refractivity contribution in [1.29, 1.82) is 0 Å². The summed E-state index contributed by atoms with van der Waals surface area (Å²) in [4.78, 5) is 5.05. The number of likely N-dealkylation sites (tertiary alicyclic amines) is 2. The molecule has 126 valence electrons. The highest BCUT2D eigenvalue weighted by Crippen LogP contribution is 2.33. The SMILES string of the molecule is CC(C)C1CCN(C)C(C)(C)C1.CC(C)N1CCCCC1. The number of nitrogens with zero attached hydrogens (tertiary/aromatic N) is 2. The molecule has 21 heavy (non-hydrogen) atoms. The van der Waals surface area contributed by atoms with Gasteiger partial charge in [-0.25, -0.2) is 0 Å². The molecule has 1 unspecified atom stereocenters. The molecule has 0 radical (unpaired) electrons. The second-order valence-electron chi connectivity index (χ2n) is 8.42. The Hall–Kier alpha value is -0.0800. The third-order valence-corrected chi connectivity index (χ3v) is 5.69. The summed E-state index contributed by atoms with van der Waals surface area (Å²) in [5, 5.41) is 0. The fourth-order valence-electron chi connectivity index (χ4n) is 3.57. The average molecular weight is 297 g/mol. The Kier molecular flexibility index (Phi) is 7.70. The van der Waals surface area contributed by atoms with Crippen molar-refractivity contribution in [3.8, 4) is 0 Å². The van der Waals surface area contributed by atoms with Crippen LogP contribution in [0.15, 0.2) is 0 Å². The van der Waals surface area contributed by atoms with Crippen LogP contribution >= 0.6 is 0 Å². The second kappa shape index (κ2) is 8.53. The molecule has 0 N–H and O–H groups in total. The zero-order chi connectivity index (χ0) is 16.0. The van der Waals surface area contributed by atoms with Gasteiger partial charge in [0.2, 0.25) is 0 Å². The molecule has 0 aliphatic carbocycles. The minimum absolute atomic E-state index is 0.424. The van der Waals surface area contributed by atoms with Gasteiger partial charge >= 0.3 is 0 Å². The summed E-state index contributed by atoms with van der Waals surface area (Å²) in [6.45, 7) is 17.9. The van der Waals surface area contributed by atoms with Crippen LogP contribution in [0.5, 0.6) is 0 Å². The number of hydrogen-bond acceptors (Lipinski definition) is 2. The molecule has 0 aromatic carbocycles. The molecule has 0 spiro atoms. The van der Waals surface area contributed by atoms with Crippen LogP contribution in [0.4, 0.5) is 0 Å². The summed E-state index contributed by atoms with van der Waals surface area (Å²) in [5.41, 5.74) is 0.424. The topological polar surface area (TPSA) is 6.48 Å². The lowest BCUT2D eigenvalue weighted by Crippen LogP contribution is -2.48. The third-order valence-electron chi connectivity index (χ3n) is 5.69. The lowest BCUT2D eigenvalue weighted by atomic mass is 9.77. The molecule has 0 aromatic heterocycles. The van der Waals surface area contributed by atoms with E-state index in [1.807, 2.05) is 0 Å². The first-order valence-corrected chi connectivity index (χ1v) is 9.19. The number of piperidine rings is 2. The first kappa shape index (κ1) is 19.0. The summed E-state index contributed by atoms with van der Waals surface area (Å²) in [5.74, 6) is 1.80. The van der Waals surface area contributed by atoms with Gasteiger partial charge in [0.15, 0.2) is 0 Å². The van der Waals surface area contributed by atoms with Crippen molar-refractivity contribution < 1.29 is 0 Å². The minimum Gasteiger partial charge on any atom is -0.301 e. The van der Waals surface area contributed by atoms with Crippen molar-refractivity contribution in [3.63, 3.8) is 0 Å². The first-order chi connectivity index (χ1) is 9.74. The lowest BCUT2D eigenvalue weighted by molar-refractivity contribution is 0.0559. The van der Waals surface area contributed by atoms with Crippen LogP contribution in [0.25, 0.3) is 0 Å². The van der Waals surface area contributed by atoms with E-state index in [4.69, 9.17) is 0 Å². The Balaban J connectivity index is 0.000000219. The highest BCUT2D eigenvalue weighted by Gasteiger charge is 2.33. The normalized spacial score (nSPS) is 27.6. The van der Waals surface area contributed by atoms with Crippen molar-refractivity contribution in [2.75, 3.05) is 26.7 Å². The molecule has 2 heteroatoms. The maximum atomic E-state index is 2.56. The predicted octanol–water partition coefficient (Wildman–Crippen LogP) is 4.64. The van der Waals surface area contributed by atoms with Gasteiger partial charge < -0.3 is 9.80 Å². The Bertz CT molecular complexity index is 277. The molecule has 0 bridgehead atoms. The molecule has 2 aliphatic rings. The third kappa shape index (κ3) is 6.28. The minimum atomic E-state index is 0.424. The molecule has 0 aromatic rings. The maximum absolute atomic E-state index is 2.56. The van der Waals surface area contributed by atoms with Crippen LogP contribution in [0, 0.1) is 11.8 Å². The van der Waals surface area contributed by atoms with Crippen molar-refractivity contribution in [1.82, 2.24) is 9.80 Å². The van der Waals surface area contributed by atoms with Gasteiger partial charge in [-0.05, 0) is 91.9 Å². The van der Waals surface area contributed by atoms with E-state index in [9.17, 15) is 0 Å². The molecule has 1 atom stereocenters. The van der Waals surface area contributed by atoms with Gasteiger partial charge in [-0.3, -0.25) is 0 Å². The molecule has 2 heterocycles. The van der Waals surface area contributed by atoms with Crippen LogP contribution in [0.1, 0.15) is 73.6 Å². The zero-order valence-corrected chi connectivity index (χ0v) is 15.8. The summed E-state index contributed by atoms with van der Waals surface area (Å²) in [7, 11) is 2.25. The summed E-state index contributed by atoms with van der Waals surface area (Å²) in [6, 6.07) is 0.769. The fraction of sp³-hybridized carbons (Fsp3) is 1.00. The molecule has 2 rings (SSSR count). The van der Waals surface area contributed by atoms with Gasteiger partial charge in [0.25, 0.3) is 0 Å². The lowest BCUT2D eigenvalue weighted by Gasteiger charge is -2.44. The highest BCUT2D eigenvalue weighted by molar-refractivity contribution is 4.88. The van der Waals surface area contributed by atoms with Crippen molar-refractivity contribution >= 4 is 0 Å². The van der Waals surface area contributed by atoms with Gasteiger partial charge in [-0.15, -0.1) is 0 Å². The average Bonchev–Trinajstić information content (AvgIpc) is 2.43. The van der Waals surface area contributed by atoms with E-state index in [1.54, 1.807) is 0 Å². The van der Waals surface area contributed by atoms with Crippen LogP contribution in [-0.4, -0.2) is 48.1 Å². The standard InChI is InChI=1S/C11H23N.C8H17N/c1-9(2)10-6-7-12(5)11(3,4)8-10;1-8(2)9-6-4-3-5-7-9/h9-10H,6-8H2,1-5H3;8H,3-7H2,1-2H3. The Morgan fingerprint density at radius 1 is 0.905 bits per heavy atom. The maximum Gasteiger partial charge on any atom is 0.0152 e. The van der Waals surface area contributed by atoms with Crippen LogP contribution < -0.4 is 0 Å². The highest BCUT2D eigenvalue weighted by atomic mass is 15.2. The van der Waals surface area contributed by atoms with Gasteiger partial charge in [-0.1, -0.05) is 20.3 Å². The smallest absolute Gasteiger partial charge is 0.0152 e. The van der Waals surface area contributed by atoms with Gasteiger partial charge in [0.1, 0.15) is 0 Å². The van der Waals surface area contributed by atoms with E-state index in [-0.39, 0.29) is 0 Å². The quantitative estimate of drug-likeness (QED) is 0.732. The van der Waals surface area contributed by atoms with E-state index in [0.29, 0.717) is 5.54 Å². The molecule has 0 saturated carbocycles. The summed E-state index contributed by atoms with van der Waals surface area (Å²) in [6.07, 6.45) is 7.03. The molecule has 2 saturated heterocycles. The Labute approximate surface area is 134 Å². The Morgan fingerprint density at radius 2 is 1.48 bits per heavy atom. The van der Waals surface area contributed by atoms with E-state index >= 15 is 0 Å². The van der Waals surface area contributed by atoms with E-state index in [2.05, 4.69) is 58.4 Å². The largest absolute Gasteiger partial charge is 0.301 e. The van der Waals surface area contributed by atoms with E-state index in [0.717, 1.165) is 17.9 Å². The molecule has 2 nitrogen and oxygen atoms in total. The zero-order valence-electron chi connectivity index (χ0n) is 15.8. The van der Waals surface area contributed by atoms with Gasteiger partial charge in [-0.2, -0.15) is 0 Å². The molecule has 2 fully saturated rings. The molecular weight excluding hydrogens is 256 g/mol. The van der Waals surface area contributed by atoms with Gasteiger partial charge in [0, 0.05) is 11.6 Å². The first-order valence-electron chi connectivity index (χ1n) is 9.19.